The van der Waals surface area contributed by atoms with Crippen LogP contribution in [0.5, 0.6) is 5.88 Å². The Bertz CT molecular complexity index is 1240. The average molecular weight is 538 g/mol. The Morgan fingerprint density at radius 1 is 1.11 bits per heavy atom. The van der Waals surface area contributed by atoms with E-state index in [1.54, 1.807) is 37.5 Å². The topological polar surface area (TPSA) is 84.7 Å². The van der Waals surface area contributed by atoms with Crippen molar-refractivity contribution < 1.29 is 19.4 Å². The first-order valence-corrected chi connectivity index (χ1v) is 13.6. The first-order valence-electron chi connectivity index (χ1n) is 13.0. The van der Waals surface area contributed by atoms with Crippen molar-refractivity contribution in [1.29, 1.82) is 0 Å². The highest BCUT2D eigenvalue weighted by Crippen LogP contribution is 2.35. The van der Waals surface area contributed by atoms with Crippen molar-refractivity contribution in [2.24, 2.45) is 11.8 Å². The molecule has 204 valence electrons. The van der Waals surface area contributed by atoms with Gasteiger partial charge in [-0.3, -0.25) is 4.79 Å². The van der Waals surface area contributed by atoms with E-state index in [9.17, 15) is 14.7 Å². The smallest absolute Gasteiger partial charge is 0.336 e. The van der Waals surface area contributed by atoms with E-state index in [-0.39, 0.29) is 28.7 Å². The Labute approximate surface area is 231 Å². The van der Waals surface area contributed by atoms with E-state index in [1.807, 2.05) is 36.4 Å². The lowest BCUT2D eigenvalue weighted by atomic mass is 9.90. The Kier molecular flexibility index (Phi) is 10.0. The number of methoxy groups -OCH3 is 1. The predicted octanol–water partition coefficient (Wildman–Crippen LogP) is 6.20. The number of carboxylic acids is 1. The van der Waals surface area contributed by atoms with Crippen LogP contribution in [-0.2, 0) is 11.3 Å². The highest BCUT2D eigenvalue weighted by Gasteiger charge is 2.28. The number of aromatic nitrogens is 2. The van der Waals surface area contributed by atoms with Gasteiger partial charge in [-0.15, -0.1) is 0 Å². The van der Waals surface area contributed by atoms with Crippen LogP contribution in [0.2, 0.25) is 0 Å². The van der Waals surface area contributed by atoms with Crippen LogP contribution in [-0.4, -0.2) is 50.8 Å². The van der Waals surface area contributed by atoms with E-state index >= 15 is 0 Å². The third-order valence-electron chi connectivity index (χ3n) is 7.00. The lowest BCUT2D eigenvalue weighted by molar-refractivity contribution is -0.130. The minimum absolute atomic E-state index is 0.0293. The number of amides is 1. The Morgan fingerprint density at radius 3 is 2.34 bits per heavy atom. The fraction of sp³-hybridized carbons (Fsp3) is 0.433. The third-order valence-corrected chi connectivity index (χ3v) is 7.43. The molecule has 8 heteroatoms. The van der Waals surface area contributed by atoms with Crippen molar-refractivity contribution in [2.45, 2.75) is 58.4 Å². The summed E-state index contributed by atoms with van der Waals surface area (Å²) >= 11 is 4.55. The van der Waals surface area contributed by atoms with Crippen molar-refractivity contribution in [3.8, 4) is 17.0 Å². The monoisotopic (exact) mass is 537 g/mol. The molecule has 1 amide bonds. The van der Waals surface area contributed by atoms with Crippen LogP contribution in [0.4, 0.5) is 0 Å². The van der Waals surface area contributed by atoms with Gasteiger partial charge in [-0.1, -0.05) is 76.6 Å². The number of aromatic carboxylic acids is 1. The molecule has 0 spiro atoms. The number of benzene rings is 2. The molecule has 0 aliphatic rings. The zero-order valence-corrected chi connectivity index (χ0v) is 24.0. The molecule has 3 rings (SSSR count). The van der Waals surface area contributed by atoms with Gasteiger partial charge < -0.3 is 19.3 Å². The molecule has 1 heterocycles. The second-order valence-electron chi connectivity index (χ2n) is 10.3. The molecule has 1 N–H and O–H groups in total. The lowest BCUT2D eigenvalue weighted by Crippen LogP contribution is -2.35. The fourth-order valence-electron chi connectivity index (χ4n) is 4.80. The molecule has 7 nitrogen and oxygen atoms in total. The van der Waals surface area contributed by atoms with Gasteiger partial charge in [0.05, 0.1) is 36.8 Å². The van der Waals surface area contributed by atoms with Crippen LogP contribution in [0.15, 0.2) is 54.9 Å². The summed E-state index contributed by atoms with van der Waals surface area (Å²) in [6.45, 7) is 8.84. The Hall–Kier alpha value is -3.26. The molecule has 0 aliphatic heterocycles. The number of nitrogens with zero attached hydrogens (tertiary/aromatic N) is 3. The number of hydrogen-bond donors (Lipinski definition) is 2. The summed E-state index contributed by atoms with van der Waals surface area (Å²) < 4.78 is 7.70. The van der Waals surface area contributed by atoms with Crippen LogP contribution in [0.25, 0.3) is 11.1 Å². The summed E-state index contributed by atoms with van der Waals surface area (Å²) in [4.78, 5) is 31.0. The summed E-state index contributed by atoms with van der Waals surface area (Å²) in [5.41, 5.74) is 3.68. The summed E-state index contributed by atoms with van der Waals surface area (Å²) in [6, 6.07) is 15.0. The lowest BCUT2D eigenvalue weighted by Gasteiger charge is -2.29. The SMILES string of the molecule is CCC(C)C(c1ccc(-c2ccccc2C(=O)O)cc1)n1cnc(OC)c1CN(C)C(=O)[C@H](S)CC(C)C. The molecule has 3 atom stereocenters. The van der Waals surface area contributed by atoms with Crippen molar-refractivity contribution >= 4 is 24.5 Å². The zero-order valence-electron chi connectivity index (χ0n) is 23.1. The van der Waals surface area contributed by atoms with Crippen LogP contribution in [0.1, 0.15) is 68.2 Å². The molecule has 38 heavy (non-hydrogen) atoms. The second kappa shape index (κ2) is 13.0. The zero-order chi connectivity index (χ0) is 28.0. The number of ether oxygens (including phenoxy) is 1. The molecule has 0 aliphatic carbocycles. The standard InChI is InChI=1S/C30H39N3O4S/c1-7-20(4)27(22-14-12-21(13-15-22)23-10-8-9-11-24(23)30(35)36)33-18-31-28(37-6)25(33)17-32(5)29(34)26(38)16-19(2)3/h8-15,18-20,26-27,38H,7,16-17H2,1-6H3,(H,35,36)/t20?,26-,27?/m1/s1. The molecule has 1 aromatic heterocycles. The van der Waals surface area contributed by atoms with E-state index in [0.717, 1.165) is 23.2 Å². The normalized spacial score (nSPS) is 13.7. The van der Waals surface area contributed by atoms with Crippen LogP contribution < -0.4 is 4.74 Å². The maximum atomic E-state index is 13.0. The molecule has 2 unspecified atom stereocenters. The molecule has 0 fully saturated rings. The largest absolute Gasteiger partial charge is 0.480 e. The van der Waals surface area contributed by atoms with Crippen LogP contribution in [0.3, 0.4) is 0 Å². The maximum absolute atomic E-state index is 13.0. The molecule has 0 saturated heterocycles. The Morgan fingerprint density at radius 2 is 1.76 bits per heavy atom. The van der Waals surface area contributed by atoms with Gasteiger partial charge in [0.15, 0.2) is 0 Å². The minimum Gasteiger partial charge on any atom is -0.480 e. The quantitative estimate of drug-likeness (QED) is 0.269. The van der Waals surface area contributed by atoms with Crippen molar-refractivity contribution in [2.75, 3.05) is 14.2 Å². The van der Waals surface area contributed by atoms with Gasteiger partial charge >= 0.3 is 5.97 Å². The fourth-order valence-corrected chi connectivity index (χ4v) is 5.42. The van der Waals surface area contributed by atoms with Gasteiger partial charge in [0.1, 0.15) is 5.69 Å². The van der Waals surface area contributed by atoms with Crippen LogP contribution in [0, 0.1) is 11.8 Å². The number of carbonyl (C=O) groups is 2. The van der Waals surface area contributed by atoms with Gasteiger partial charge in [0, 0.05) is 7.05 Å². The number of carbonyl (C=O) groups excluding carboxylic acids is 1. The van der Waals surface area contributed by atoms with Crippen molar-refractivity contribution in [1.82, 2.24) is 14.5 Å². The summed E-state index contributed by atoms with van der Waals surface area (Å²) in [5.74, 6) is 0.134. The first kappa shape index (κ1) is 29.3. The molecular weight excluding hydrogens is 498 g/mol. The van der Waals surface area contributed by atoms with Gasteiger partial charge in [0.25, 0.3) is 0 Å². The third kappa shape index (κ3) is 6.59. The predicted molar refractivity (Wildman–Crippen MR) is 154 cm³/mol. The molecule has 3 aromatic rings. The first-order chi connectivity index (χ1) is 18.1. The number of imidazole rings is 1. The van der Waals surface area contributed by atoms with E-state index in [4.69, 9.17) is 4.74 Å². The maximum Gasteiger partial charge on any atom is 0.336 e. The van der Waals surface area contributed by atoms with Gasteiger partial charge in [-0.05, 0) is 41.0 Å². The van der Waals surface area contributed by atoms with Gasteiger partial charge in [-0.2, -0.15) is 12.6 Å². The van der Waals surface area contributed by atoms with Crippen molar-refractivity contribution in [3.05, 3.63) is 71.7 Å². The molecular formula is C30H39N3O4S. The highest BCUT2D eigenvalue weighted by atomic mass is 32.1. The van der Waals surface area contributed by atoms with Gasteiger partial charge in [-0.25, -0.2) is 9.78 Å². The number of hydrogen-bond acceptors (Lipinski definition) is 5. The summed E-state index contributed by atoms with van der Waals surface area (Å²) in [7, 11) is 3.38. The molecule has 0 radical (unpaired) electrons. The van der Waals surface area contributed by atoms with Crippen molar-refractivity contribution in [3.63, 3.8) is 0 Å². The van der Waals surface area contributed by atoms with E-state index in [0.29, 0.717) is 30.3 Å². The van der Waals surface area contributed by atoms with E-state index in [2.05, 4.69) is 49.9 Å². The molecule has 2 aromatic carbocycles. The molecule has 0 bridgehead atoms. The minimum atomic E-state index is -0.951. The number of carboxylic acid groups (broad SMARTS) is 1. The number of thiol groups is 1. The highest BCUT2D eigenvalue weighted by molar-refractivity contribution is 7.81. The van der Waals surface area contributed by atoms with E-state index in [1.165, 1.54) is 0 Å². The number of rotatable bonds is 12. The van der Waals surface area contributed by atoms with Crippen LogP contribution >= 0.6 is 12.6 Å². The second-order valence-corrected chi connectivity index (χ2v) is 10.9. The van der Waals surface area contributed by atoms with Gasteiger partial charge in [0.2, 0.25) is 11.8 Å². The molecule has 0 saturated carbocycles. The summed E-state index contributed by atoms with van der Waals surface area (Å²) in [5, 5.41) is 9.25. The summed E-state index contributed by atoms with van der Waals surface area (Å²) in [6.07, 6.45) is 3.41. The average Bonchev–Trinajstić information content (AvgIpc) is 3.29. The van der Waals surface area contributed by atoms with E-state index < -0.39 is 5.97 Å². The Balaban J connectivity index is 1.98.